The minimum atomic E-state index is -0.572. The van der Waals surface area contributed by atoms with Crippen LogP contribution in [0.4, 0.5) is 0 Å². The number of aryl methyl sites for hydroxylation is 1. The molecular formula is C8H7N3O2. The van der Waals surface area contributed by atoms with Gasteiger partial charge in [0.15, 0.2) is 0 Å². The fraction of sp³-hybridized carbons (Fsp3) is 0.125. The zero-order valence-corrected chi connectivity index (χ0v) is 6.94. The molecule has 0 aliphatic carbocycles. The van der Waals surface area contributed by atoms with E-state index in [4.69, 9.17) is 0 Å². The van der Waals surface area contributed by atoms with Gasteiger partial charge in [-0.05, 0) is 18.6 Å². The minimum absolute atomic E-state index is 0.352. The van der Waals surface area contributed by atoms with E-state index in [0.29, 0.717) is 11.5 Å². The quantitative estimate of drug-likeness (QED) is 0.697. The summed E-state index contributed by atoms with van der Waals surface area (Å²) in [5, 5.41) is 3.51. The van der Waals surface area contributed by atoms with Gasteiger partial charge in [-0.15, -0.1) is 0 Å². The largest absolute Gasteiger partial charge is 0.439 e. The van der Waals surface area contributed by atoms with E-state index in [9.17, 15) is 4.79 Å². The molecule has 0 unspecified atom stereocenters. The van der Waals surface area contributed by atoms with Gasteiger partial charge in [-0.1, -0.05) is 11.2 Å². The maximum Gasteiger partial charge on any atom is 0.439 e. The van der Waals surface area contributed by atoms with Crippen molar-refractivity contribution in [2.75, 3.05) is 0 Å². The number of nitrogens with one attached hydrogen (secondary N) is 1. The van der Waals surface area contributed by atoms with Gasteiger partial charge in [0.05, 0.1) is 0 Å². The fourth-order valence-corrected chi connectivity index (χ4v) is 0.948. The predicted molar refractivity (Wildman–Crippen MR) is 45.1 cm³/mol. The van der Waals surface area contributed by atoms with Crippen LogP contribution >= 0.6 is 0 Å². The summed E-state index contributed by atoms with van der Waals surface area (Å²) in [5.74, 6) is -0.220. The molecule has 5 heteroatoms. The van der Waals surface area contributed by atoms with E-state index in [1.165, 1.54) is 0 Å². The summed E-state index contributed by atoms with van der Waals surface area (Å²) in [6.45, 7) is 1.93. The van der Waals surface area contributed by atoms with E-state index in [2.05, 4.69) is 19.6 Å². The highest BCUT2D eigenvalue weighted by atomic mass is 16.5. The maximum absolute atomic E-state index is 10.6. The van der Waals surface area contributed by atoms with Gasteiger partial charge >= 0.3 is 5.76 Å². The third-order valence-electron chi connectivity index (χ3n) is 1.59. The zero-order chi connectivity index (χ0) is 9.26. The van der Waals surface area contributed by atoms with Crippen LogP contribution in [0.3, 0.4) is 0 Å². The monoisotopic (exact) mass is 177 g/mol. The lowest BCUT2D eigenvalue weighted by Gasteiger charge is -1.93. The van der Waals surface area contributed by atoms with Gasteiger partial charge in [-0.2, -0.15) is 0 Å². The summed E-state index contributed by atoms with van der Waals surface area (Å²) in [6.07, 6.45) is 1.70. The highest BCUT2D eigenvalue weighted by Gasteiger charge is 2.03. The summed E-state index contributed by atoms with van der Waals surface area (Å²) < 4.78 is 4.35. The molecule has 0 fully saturated rings. The van der Waals surface area contributed by atoms with Crippen molar-refractivity contribution < 1.29 is 4.52 Å². The van der Waals surface area contributed by atoms with Crippen molar-refractivity contribution in [1.29, 1.82) is 0 Å². The molecule has 2 aromatic heterocycles. The Labute approximate surface area is 73.4 Å². The Balaban J connectivity index is 2.47. The average molecular weight is 177 g/mol. The van der Waals surface area contributed by atoms with Gasteiger partial charge in [0.2, 0.25) is 5.82 Å². The molecule has 2 rings (SSSR count). The van der Waals surface area contributed by atoms with E-state index in [1.807, 2.05) is 13.0 Å². The molecule has 0 atom stereocenters. The van der Waals surface area contributed by atoms with Crippen LogP contribution in [0.2, 0.25) is 0 Å². The third-order valence-corrected chi connectivity index (χ3v) is 1.59. The standard InChI is InChI=1S/C8H7N3O2/c1-5-2-3-6(9-4-5)7-10-8(12)13-11-7/h2-4H,1H3,(H,10,11,12). The van der Waals surface area contributed by atoms with Crippen LogP contribution in [-0.4, -0.2) is 15.1 Å². The summed E-state index contributed by atoms with van der Waals surface area (Å²) in [4.78, 5) is 17.1. The Kier molecular flexibility index (Phi) is 1.70. The highest BCUT2D eigenvalue weighted by molar-refractivity contribution is 5.47. The Bertz CT molecular complexity index is 455. The van der Waals surface area contributed by atoms with E-state index < -0.39 is 5.76 Å². The van der Waals surface area contributed by atoms with Crippen LogP contribution in [0.5, 0.6) is 0 Å². The number of H-pyrrole nitrogens is 1. The molecule has 0 spiro atoms. The second-order valence-electron chi connectivity index (χ2n) is 2.66. The summed E-state index contributed by atoms with van der Waals surface area (Å²) in [7, 11) is 0. The van der Waals surface area contributed by atoms with Gasteiger partial charge < -0.3 is 0 Å². The molecule has 2 aromatic rings. The molecule has 1 N–H and O–H groups in total. The molecule has 0 radical (unpaired) electrons. The second kappa shape index (κ2) is 2.85. The topological polar surface area (TPSA) is 71.8 Å². The molecule has 0 amide bonds. The third kappa shape index (κ3) is 1.48. The SMILES string of the molecule is Cc1ccc(-c2noc(=O)[nH]2)nc1. The molecule has 0 aliphatic rings. The van der Waals surface area contributed by atoms with Crippen molar-refractivity contribution in [2.24, 2.45) is 0 Å². The number of aromatic nitrogens is 3. The van der Waals surface area contributed by atoms with Crippen LogP contribution in [0.15, 0.2) is 27.6 Å². The molecule has 66 valence electrons. The fourth-order valence-electron chi connectivity index (χ4n) is 0.948. The Morgan fingerprint density at radius 1 is 1.46 bits per heavy atom. The number of rotatable bonds is 1. The Hall–Kier alpha value is -1.91. The van der Waals surface area contributed by atoms with Gasteiger partial charge in [0.25, 0.3) is 0 Å². The molecule has 0 aliphatic heterocycles. The van der Waals surface area contributed by atoms with Crippen molar-refractivity contribution in [1.82, 2.24) is 15.1 Å². The lowest BCUT2D eigenvalue weighted by atomic mass is 10.3. The van der Waals surface area contributed by atoms with Crippen LogP contribution in [0, 0.1) is 6.92 Å². The number of pyridine rings is 1. The average Bonchev–Trinajstić information content (AvgIpc) is 2.53. The molecule has 0 bridgehead atoms. The van der Waals surface area contributed by atoms with Gasteiger partial charge in [-0.25, -0.2) is 4.79 Å². The van der Waals surface area contributed by atoms with Crippen LogP contribution in [0.1, 0.15) is 5.56 Å². The van der Waals surface area contributed by atoms with Crippen LogP contribution in [-0.2, 0) is 0 Å². The second-order valence-corrected chi connectivity index (χ2v) is 2.66. The maximum atomic E-state index is 10.6. The van der Waals surface area contributed by atoms with Gasteiger partial charge in [0, 0.05) is 6.20 Å². The van der Waals surface area contributed by atoms with Crippen molar-refractivity contribution in [2.45, 2.75) is 6.92 Å². The molecule has 2 heterocycles. The first kappa shape index (κ1) is 7.72. The van der Waals surface area contributed by atoms with E-state index >= 15 is 0 Å². The lowest BCUT2D eigenvalue weighted by molar-refractivity contribution is 0.387. The Morgan fingerprint density at radius 2 is 2.31 bits per heavy atom. The summed E-state index contributed by atoms with van der Waals surface area (Å²) >= 11 is 0. The van der Waals surface area contributed by atoms with Crippen LogP contribution in [0.25, 0.3) is 11.5 Å². The Morgan fingerprint density at radius 3 is 2.85 bits per heavy atom. The van der Waals surface area contributed by atoms with E-state index in [1.54, 1.807) is 12.3 Å². The number of aromatic amines is 1. The molecule has 0 saturated carbocycles. The first-order valence-corrected chi connectivity index (χ1v) is 3.75. The van der Waals surface area contributed by atoms with Crippen molar-refractivity contribution in [3.05, 3.63) is 34.4 Å². The molecule has 0 saturated heterocycles. The van der Waals surface area contributed by atoms with E-state index in [0.717, 1.165) is 5.56 Å². The van der Waals surface area contributed by atoms with E-state index in [-0.39, 0.29) is 0 Å². The molecule has 13 heavy (non-hydrogen) atoms. The lowest BCUT2D eigenvalue weighted by Crippen LogP contribution is -1.95. The smallest absolute Gasteiger partial charge is 0.296 e. The zero-order valence-electron chi connectivity index (χ0n) is 6.94. The number of nitrogens with zero attached hydrogens (tertiary/aromatic N) is 2. The predicted octanol–water partition coefficient (Wildman–Crippen LogP) is 0.733. The summed E-state index contributed by atoms with van der Waals surface area (Å²) in [6, 6.07) is 3.65. The minimum Gasteiger partial charge on any atom is -0.296 e. The highest BCUT2D eigenvalue weighted by Crippen LogP contribution is 2.09. The first-order valence-electron chi connectivity index (χ1n) is 3.75. The normalized spacial score (nSPS) is 10.2. The van der Waals surface area contributed by atoms with Crippen molar-refractivity contribution >= 4 is 0 Å². The number of hydrogen-bond donors (Lipinski definition) is 1. The van der Waals surface area contributed by atoms with Gasteiger partial charge in [-0.3, -0.25) is 14.5 Å². The van der Waals surface area contributed by atoms with Gasteiger partial charge in [0.1, 0.15) is 5.69 Å². The van der Waals surface area contributed by atoms with Crippen molar-refractivity contribution in [3.63, 3.8) is 0 Å². The van der Waals surface area contributed by atoms with Crippen LogP contribution < -0.4 is 5.76 Å². The number of hydrogen-bond acceptors (Lipinski definition) is 4. The molecular weight excluding hydrogens is 170 g/mol. The molecule has 5 nitrogen and oxygen atoms in total. The first-order chi connectivity index (χ1) is 6.25. The summed E-state index contributed by atoms with van der Waals surface area (Å²) in [5.41, 5.74) is 1.64. The molecule has 0 aromatic carbocycles. The van der Waals surface area contributed by atoms with Crippen molar-refractivity contribution in [3.8, 4) is 11.5 Å².